The lowest BCUT2D eigenvalue weighted by Gasteiger charge is -2.19. The van der Waals surface area contributed by atoms with Crippen LogP contribution in [0.1, 0.15) is 62.3 Å². The van der Waals surface area contributed by atoms with Crippen molar-refractivity contribution in [2.24, 2.45) is 0 Å². The van der Waals surface area contributed by atoms with Crippen molar-refractivity contribution in [2.75, 3.05) is 6.61 Å². The van der Waals surface area contributed by atoms with Crippen LogP contribution in [0.5, 0.6) is 5.75 Å². The third-order valence-corrected chi connectivity index (χ3v) is 2.99. The van der Waals surface area contributed by atoms with Gasteiger partial charge in [-0.3, -0.25) is 0 Å². The second-order valence-corrected chi connectivity index (χ2v) is 5.06. The van der Waals surface area contributed by atoms with Crippen LogP contribution >= 0.6 is 0 Å². The van der Waals surface area contributed by atoms with Gasteiger partial charge < -0.3 is 15.3 Å². The molecule has 1 aromatic carbocycles. The topological polar surface area (TPSA) is 60.7 Å². The lowest BCUT2D eigenvalue weighted by molar-refractivity contribution is 0.0954. The van der Waals surface area contributed by atoms with E-state index in [0.29, 0.717) is 11.3 Å². The van der Waals surface area contributed by atoms with E-state index in [1.54, 1.807) is 12.1 Å². The Bertz CT molecular complexity index is 354. The van der Waals surface area contributed by atoms with Gasteiger partial charge in [-0.05, 0) is 40.7 Å². The highest BCUT2D eigenvalue weighted by atomic mass is 16.3. The van der Waals surface area contributed by atoms with E-state index in [4.69, 9.17) is 5.11 Å². The van der Waals surface area contributed by atoms with Crippen molar-refractivity contribution in [3.8, 4) is 5.75 Å². The molecule has 1 rings (SSSR count). The zero-order chi connectivity index (χ0) is 13.2. The summed E-state index contributed by atoms with van der Waals surface area (Å²) in [5.41, 5.74) is 2.30. The van der Waals surface area contributed by atoms with Gasteiger partial charge in [-0.1, -0.05) is 27.7 Å². The first-order chi connectivity index (χ1) is 7.88. The minimum Gasteiger partial charge on any atom is -0.507 e. The summed E-state index contributed by atoms with van der Waals surface area (Å²) < 4.78 is 0. The third kappa shape index (κ3) is 2.99. The molecule has 0 aliphatic heterocycles. The summed E-state index contributed by atoms with van der Waals surface area (Å²) in [7, 11) is 0. The normalized spacial score (nSPS) is 13.4. The molecule has 3 nitrogen and oxygen atoms in total. The molecule has 0 bridgehead atoms. The van der Waals surface area contributed by atoms with Gasteiger partial charge >= 0.3 is 0 Å². The molecular weight excluding hydrogens is 216 g/mol. The lowest BCUT2D eigenvalue weighted by Crippen LogP contribution is -2.06. The molecule has 0 saturated heterocycles. The van der Waals surface area contributed by atoms with Crippen LogP contribution < -0.4 is 0 Å². The standard InChI is InChI=1S/C14H22O3/c1-8(2)11-5-10(13(16)7-15)6-12(9(3)4)14(11)17/h5-6,8-9,13,15-17H,7H2,1-4H3. The molecule has 0 amide bonds. The van der Waals surface area contributed by atoms with Gasteiger partial charge in [0.2, 0.25) is 0 Å². The van der Waals surface area contributed by atoms with Crippen LogP contribution in [-0.2, 0) is 0 Å². The molecule has 0 saturated carbocycles. The SMILES string of the molecule is CC(C)c1cc(C(O)CO)cc(C(C)C)c1O. The van der Waals surface area contributed by atoms with Crippen LogP contribution in [0.2, 0.25) is 0 Å². The second-order valence-electron chi connectivity index (χ2n) is 5.06. The first-order valence-electron chi connectivity index (χ1n) is 6.04. The highest BCUT2D eigenvalue weighted by Crippen LogP contribution is 2.36. The van der Waals surface area contributed by atoms with E-state index in [-0.39, 0.29) is 18.4 Å². The fourth-order valence-corrected chi connectivity index (χ4v) is 1.88. The van der Waals surface area contributed by atoms with Crippen LogP contribution in [0.3, 0.4) is 0 Å². The maximum absolute atomic E-state index is 10.2. The third-order valence-electron chi connectivity index (χ3n) is 2.99. The molecule has 0 spiro atoms. The first-order valence-corrected chi connectivity index (χ1v) is 6.04. The molecule has 96 valence electrons. The number of hydrogen-bond acceptors (Lipinski definition) is 3. The molecule has 1 atom stereocenters. The van der Waals surface area contributed by atoms with Crippen molar-refractivity contribution in [2.45, 2.75) is 45.6 Å². The van der Waals surface area contributed by atoms with E-state index < -0.39 is 6.10 Å². The van der Waals surface area contributed by atoms with Crippen molar-refractivity contribution in [3.63, 3.8) is 0 Å². The van der Waals surface area contributed by atoms with E-state index >= 15 is 0 Å². The summed E-state index contributed by atoms with van der Waals surface area (Å²) in [5.74, 6) is 0.667. The zero-order valence-electron chi connectivity index (χ0n) is 10.9. The quantitative estimate of drug-likeness (QED) is 0.755. The van der Waals surface area contributed by atoms with E-state index in [9.17, 15) is 10.2 Å². The molecule has 0 heterocycles. The van der Waals surface area contributed by atoms with Gasteiger partial charge in [0.15, 0.2) is 0 Å². The summed E-state index contributed by atoms with van der Waals surface area (Å²) in [6, 6.07) is 3.54. The Hall–Kier alpha value is -1.06. The summed E-state index contributed by atoms with van der Waals surface area (Å²) >= 11 is 0. The molecule has 0 aliphatic rings. The van der Waals surface area contributed by atoms with Crippen molar-refractivity contribution in [3.05, 3.63) is 28.8 Å². The van der Waals surface area contributed by atoms with Crippen LogP contribution in [-0.4, -0.2) is 21.9 Å². The van der Waals surface area contributed by atoms with Gasteiger partial charge in [0.05, 0.1) is 6.61 Å². The minimum atomic E-state index is -0.884. The Morgan fingerprint density at radius 2 is 1.41 bits per heavy atom. The first kappa shape index (κ1) is 14.0. The highest BCUT2D eigenvalue weighted by Gasteiger charge is 2.17. The molecule has 0 aromatic heterocycles. The number of aliphatic hydroxyl groups excluding tert-OH is 2. The maximum atomic E-state index is 10.2. The Morgan fingerprint density at radius 3 is 1.71 bits per heavy atom. The van der Waals surface area contributed by atoms with Crippen LogP contribution in [0.25, 0.3) is 0 Å². The zero-order valence-corrected chi connectivity index (χ0v) is 10.9. The molecule has 1 aromatic rings. The largest absolute Gasteiger partial charge is 0.507 e. The average Bonchev–Trinajstić information content (AvgIpc) is 2.27. The van der Waals surface area contributed by atoms with Crippen molar-refractivity contribution in [1.82, 2.24) is 0 Å². The van der Waals surface area contributed by atoms with Gasteiger partial charge in [0.1, 0.15) is 11.9 Å². The monoisotopic (exact) mass is 238 g/mol. The molecule has 3 heteroatoms. The average molecular weight is 238 g/mol. The predicted molar refractivity (Wildman–Crippen MR) is 68.3 cm³/mol. The number of phenolic OH excluding ortho intramolecular Hbond substituents is 1. The van der Waals surface area contributed by atoms with E-state index in [2.05, 4.69) is 0 Å². The molecular formula is C14H22O3. The summed E-state index contributed by atoms with van der Waals surface area (Å²) in [5, 5.41) is 28.9. The molecule has 1 unspecified atom stereocenters. The van der Waals surface area contributed by atoms with E-state index in [1.165, 1.54) is 0 Å². The Balaban J connectivity index is 3.36. The number of benzene rings is 1. The summed E-state index contributed by atoms with van der Waals surface area (Å²) in [6.07, 6.45) is -0.884. The lowest BCUT2D eigenvalue weighted by atomic mass is 9.90. The number of hydrogen-bond donors (Lipinski definition) is 3. The number of phenols is 1. The van der Waals surface area contributed by atoms with E-state index in [0.717, 1.165) is 11.1 Å². The highest BCUT2D eigenvalue weighted by molar-refractivity contribution is 5.47. The van der Waals surface area contributed by atoms with Crippen molar-refractivity contribution < 1.29 is 15.3 Å². The Labute approximate surface area is 103 Å². The molecule has 17 heavy (non-hydrogen) atoms. The van der Waals surface area contributed by atoms with Gasteiger partial charge in [-0.15, -0.1) is 0 Å². The van der Waals surface area contributed by atoms with Crippen molar-refractivity contribution in [1.29, 1.82) is 0 Å². The number of rotatable bonds is 4. The summed E-state index contributed by atoms with van der Waals surface area (Å²) in [6.45, 7) is 7.67. The molecule has 3 N–H and O–H groups in total. The predicted octanol–water partition coefficient (Wildman–Crippen LogP) is 2.66. The van der Waals surface area contributed by atoms with Gasteiger partial charge in [0.25, 0.3) is 0 Å². The number of aromatic hydroxyl groups is 1. The van der Waals surface area contributed by atoms with Gasteiger partial charge in [-0.2, -0.15) is 0 Å². The number of aliphatic hydroxyl groups is 2. The van der Waals surface area contributed by atoms with Crippen LogP contribution in [0.15, 0.2) is 12.1 Å². The Morgan fingerprint density at radius 1 is 1.00 bits per heavy atom. The van der Waals surface area contributed by atoms with Gasteiger partial charge in [-0.25, -0.2) is 0 Å². The summed E-state index contributed by atoms with van der Waals surface area (Å²) in [4.78, 5) is 0. The van der Waals surface area contributed by atoms with Gasteiger partial charge in [0, 0.05) is 0 Å². The Kier molecular flexibility index (Phi) is 4.54. The molecule has 0 aliphatic carbocycles. The smallest absolute Gasteiger partial charge is 0.122 e. The molecule has 0 radical (unpaired) electrons. The van der Waals surface area contributed by atoms with Crippen LogP contribution in [0, 0.1) is 0 Å². The second kappa shape index (κ2) is 5.52. The molecule has 0 fully saturated rings. The van der Waals surface area contributed by atoms with Crippen LogP contribution in [0.4, 0.5) is 0 Å². The van der Waals surface area contributed by atoms with E-state index in [1.807, 2.05) is 27.7 Å². The fourth-order valence-electron chi connectivity index (χ4n) is 1.88. The maximum Gasteiger partial charge on any atom is 0.122 e. The van der Waals surface area contributed by atoms with Crippen molar-refractivity contribution >= 4 is 0 Å². The fraction of sp³-hybridized carbons (Fsp3) is 0.571. The minimum absolute atomic E-state index is 0.179.